The lowest BCUT2D eigenvalue weighted by atomic mass is 9.85. The second-order valence-corrected chi connectivity index (χ2v) is 6.38. The molecule has 4 heteroatoms. The number of benzene rings is 2. The zero-order chi connectivity index (χ0) is 15.9. The zero-order valence-corrected chi connectivity index (χ0v) is 12.8. The molecule has 4 nitrogen and oxygen atoms in total. The van der Waals surface area contributed by atoms with E-state index in [9.17, 15) is 10.1 Å². The Morgan fingerprint density at radius 1 is 1.05 bits per heavy atom. The third kappa shape index (κ3) is 2.37. The quantitative estimate of drug-likeness (QED) is 0.476. The largest absolute Gasteiger partial charge is 0.464 e. The molecule has 0 aliphatic rings. The molecular formula is C18H17NO3. The normalized spacial score (nSPS) is 11.8. The van der Waals surface area contributed by atoms with Crippen LogP contribution in [0.15, 0.2) is 53.1 Å². The SMILES string of the molecule is CC(C)(C)c1ccc(-c2coc3ccccc23)c([N+](=O)[O-])c1. The number of nitro groups is 1. The molecule has 2 aromatic carbocycles. The number of nitrogens with zero attached hydrogens (tertiary/aromatic N) is 1. The Morgan fingerprint density at radius 2 is 1.77 bits per heavy atom. The molecular weight excluding hydrogens is 278 g/mol. The van der Waals surface area contributed by atoms with Gasteiger partial charge in [0.15, 0.2) is 0 Å². The molecule has 0 spiro atoms. The van der Waals surface area contributed by atoms with Crippen LogP contribution >= 0.6 is 0 Å². The van der Waals surface area contributed by atoms with E-state index >= 15 is 0 Å². The summed E-state index contributed by atoms with van der Waals surface area (Å²) in [6, 6.07) is 13.0. The maximum absolute atomic E-state index is 11.5. The van der Waals surface area contributed by atoms with Gasteiger partial charge in [-0.15, -0.1) is 0 Å². The van der Waals surface area contributed by atoms with E-state index in [0.717, 1.165) is 22.1 Å². The van der Waals surface area contributed by atoms with Crippen molar-refractivity contribution >= 4 is 16.7 Å². The van der Waals surface area contributed by atoms with Crippen molar-refractivity contribution in [2.45, 2.75) is 26.2 Å². The van der Waals surface area contributed by atoms with Crippen molar-refractivity contribution in [1.29, 1.82) is 0 Å². The van der Waals surface area contributed by atoms with Crippen molar-refractivity contribution in [2.75, 3.05) is 0 Å². The van der Waals surface area contributed by atoms with Crippen LogP contribution in [-0.2, 0) is 5.41 Å². The zero-order valence-electron chi connectivity index (χ0n) is 12.8. The van der Waals surface area contributed by atoms with Gasteiger partial charge in [-0.3, -0.25) is 10.1 Å². The van der Waals surface area contributed by atoms with Crippen molar-refractivity contribution in [3.05, 3.63) is 64.4 Å². The number of nitro benzene ring substituents is 1. The number of hydrogen-bond acceptors (Lipinski definition) is 3. The first-order valence-corrected chi connectivity index (χ1v) is 7.13. The van der Waals surface area contributed by atoms with Crippen molar-refractivity contribution in [2.24, 2.45) is 0 Å². The summed E-state index contributed by atoms with van der Waals surface area (Å²) in [5, 5.41) is 12.4. The molecule has 0 saturated carbocycles. The molecule has 0 atom stereocenters. The van der Waals surface area contributed by atoms with Crippen LogP contribution < -0.4 is 0 Å². The number of hydrogen-bond donors (Lipinski definition) is 0. The fraction of sp³-hybridized carbons (Fsp3) is 0.222. The van der Waals surface area contributed by atoms with Crippen molar-refractivity contribution in [3.8, 4) is 11.1 Å². The van der Waals surface area contributed by atoms with Crippen LogP contribution in [0.1, 0.15) is 26.3 Å². The summed E-state index contributed by atoms with van der Waals surface area (Å²) < 4.78 is 5.51. The van der Waals surface area contributed by atoms with Crippen LogP contribution in [0.2, 0.25) is 0 Å². The minimum absolute atomic E-state index is 0.110. The molecule has 0 unspecified atom stereocenters. The maximum atomic E-state index is 11.5. The molecule has 1 aromatic heterocycles. The van der Waals surface area contributed by atoms with Crippen LogP contribution in [0, 0.1) is 10.1 Å². The van der Waals surface area contributed by atoms with Gasteiger partial charge in [0.25, 0.3) is 5.69 Å². The number of rotatable bonds is 2. The predicted octanol–water partition coefficient (Wildman–Crippen LogP) is 5.31. The Labute approximate surface area is 128 Å². The highest BCUT2D eigenvalue weighted by Crippen LogP contribution is 2.38. The van der Waals surface area contributed by atoms with Gasteiger partial charge in [-0.05, 0) is 23.1 Å². The van der Waals surface area contributed by atoms with E-state index in [0.29, 0.717) is 5.56 Å². The van der Waals surface area contributed by atoms with E-state index in [1.165, 1.54) is 0 Å². The van der Waals surface area contributed by atoms with Gasteiger partial charge < -0.3 is 4.42 Å². The molecule has 0 aliphatic carbocycles. The summed E-state index contributed by atoms with van der Waals surface area (Å²) in [4.78, 5) is 11.2. The number of furan rings is 1. The van der Waals surface area contributed by atoms with Gasteiger partial charge in [-0.1, -0.05) is 45.0 Å². The van der Waals surface area contributed by atoms with Gasteiger partial charge in [0.2, 0.25) is 0 Å². The molecule has 112 valence electrons. The molecule has 3 aromatic rings. The molecule has 3 rings (SSSR count). The van der Waals surface area contributed by atoms with Crippen LogP contribution in [0.3, 0.4) is 0 Å². The van der Waals surface area contributed by atoms with Gasteiger partial charge in [0, 0.05) is 17.0 Å². The Bertz CT molecular complexity index is 856. The molecule has 1 heterocycles. The van der Waals surface area contributed by atoms with Crippen molar-refractivity contribution < 1.29 is 9.34 Å². The molecule has 0 saturated heterocycles. The van der Waals surface area contributed by atoms with E-state index in [1.807, 2.05) is 57.2 Å². The maximum Gasteiger partial charge on any atom is 0.277 e. The standard InChI is InChI=1S/C18H17NO3/c1-18(2,3)12-8-9-13(16(10-12)19(20)21)15-11-22-17-7-5-4-6-14(15)17/h4-11H,1-3H3. The molecule has 0 radical (unpaired) electrons. The average molecular weight is 295 g/mol. The average Bonchev–Trinajstić information content (AvgIpc) is 2.89. The van der Waals surface area contributed by atoms with Crippen molar-refractivity contribution in [3.63, 3.8) is 0 Å². The number of fused-ring (bicyclic) bond motifs is 1. The van der Waals surface area contributed by atoms with E-state index in [-0.39, 0.29) is 16.0 Å². The summed E-state index contributed by atoms with van der Waals surface area (Å²) in [5.41, 5.74) is 2.98. The molecule has 22 heavy (non-hydrogen) atoms. The monoisotopic (exact) mass is 295 g/mol. The van der Waals surface area contributed by atoms with E-state index in [2.05, 4.69) is 0 Å². The third-order valence-electron chi connectivity index (χ3n) is 3.83. The molecule has 0 aliphatic heterocycles. The fourth-order valence-corrected chi connectivity index (χ4v) is 2.56. The van der Waals surface area contributed by atoms with E-state index < -0.39 is 0 Å². The smallest absolute Gasteiger partial charge is 0.277 e. The highest BCUT2D eigenvalue weighted by atomic mass is 16.6. The fourth-order valence-electron chi connectivity index (χ4n) is 2.56. The van der Waals surface area contributed by atoms with Crippen LogP contribution in [0.4, 0.5) is 5.69 Å². The first-order valence-electron chi connectivity index (χ1n) is 7.13. The van der Waals surface area contributed by atoms with E-state index in [1.54, 1.807) is 12.3 Å². The lowest BCUT2D eigenvalue weighted by molar-refractivity contribution is -0.384. The topological polar surface area (TPSA) is 56.3 Å². The first kappa shape index (κ1) is 14.3. The second kappa shape index (κ2) is 4.98. The summed E-state index contributed by atoms with van der Waals surface area (Å²) in [5.74, 6) is 0. The van der Waals surface area contributed by atoms with Gasteiger partial charge >= 0.3 is 0 Å². The summed E-state index contributed by atoms with van der Waals surface area (Å²) >= 11 is 0. The highest BCUT2D eigenvalue weighted by molar-refractivity contribution is 5.96. The Kier molecular flexibility index (Phi) is 3.24. The van der Waals surface area contributed by atoms with Gasteiger partial charge in [0.05, 0.1) is 16.7 Å². The third-order valence-corrected chi connectivity index (χ3v) is 3.83. The second-order valence-electron chi connectivity index (χ2n) is 6.38. The minimum atomic E-state index is -0.327. The summed E-state index contributed by atoms with van der Waals surface area (Å²) in [6.45, 7) is 6.12. The Morgan fingerprint density at radius 3 is 2.45 bits per heavy atom. The lowest BCUT2D eigenvalue weighted by Crippen LogP contribution is -2.11. The lowest BCUT2D eigenvalue weighted by Gasteiger charge is -2.19. The van der Waals surface area contributed by atoms with Gasteiger partial charge in [-0.2, -0.15) is 0 Å². The van der Waals surface area contributed by atoms with Crippen molar-refractivity contribution in [1.82, 2.24) is 0 Å². The van der Waals surface area contributed by atoms with Gasteiger partial charge in [-0.25, -0.2) is 0 Å². The molecule has 0 bridgehead atoms. The molecule has 0 N–H and O–H groups in total. The van der Waals surface area contributed by atoms with Crippen LogP contribution in [0.5, 0.6) is 0 Å². The highest BCUT2D eigenvalue weighted by Gasteiger charge is 2.23. The molecule has 0 amide bonds. The van der Waals surface area contributed by atoms with Crippen LogP contribution in [-0.4, -0.2) is 4.92 Å². The van der Waals surface area contributed by atoms with Gasteiger partial charge in [0.1, 0.15) is 5.58 Å². The summed E-state index contributed by atoms with van der Waals surface area (Å²) in [7, 11) is 0. The first-order chi connectivity index (χ1) is 10.4. The summed E-state index contributed by atoms with van der Waals surface area (Å²) in [6.07, 6.45) is 1.59. The van der Waals surface area contributed by atoms with Crippen LogP contribution in [0.25, 0.3) is 22.1 Å². The number of para-hydroxylation sites is 1. The predicted molar refractivity (Wildman–Crippen MR) is 87.0 cm³/mol. The minimum Gasteiger partial charge on any atom is -0.464 e. The Hall–Kier alpha value is -2.62. The van der Waals surface area contributed by atoms with E-state index in [4.69, 9.17) is 4.42 Å². The Balaban J connectivity index is 2.25. The molecule has 0 fully saturated rings.